The van der Waals surface area contributed by atoms with Gasteiger partial charge in [0.1, 0.15) is 11.6 Å². The molecule has 3 aliphatic rings. The Balaban J connectivity index is 0.00000181. The molecule has 2 aromatic rings. The third-order valence-corrected chi connectivity index (χ3v) is 8.29. The fourth-order valence-corrected chi connectivity index (χ4v) is 5.77. The summed E-state index contributed by atoms with van der Waals surface area (Å²) in [6, 6.07) is 8.49. The number of hydrogen-bond acceptors (Lipinski definition) is 8. The standard InChI is InChI=1S/C30H38N6O2.C2H6/c1-2-38-30(37)25-17-24(22-11-12-26(33-19-22)36-15-13-20(18-31)14-16-36)27(28(32)21-7-6-8-21)29(35-25)34-23-9-4-3-5-10-23;1-2/h11-12,17,19-21,23,32H,2-10,13-16H2,1H3,(H,34,35);1-2H3. The maximum atomic E-state index is 12.9. The monoisotopic (exact) mass is 544 g/mol. The smallest absolute Gasteiger partial charge is 0.357 e. The maximum Gasteiger partial charge on any atom is 0.357 e. The summed E-state index contributed by atoms with van der Waals surface area (Å²) in [6.07, 6.45) is 12.4. The Labute approximate surface area is 239 Å². The number of anilines is 2. The highest BCUT2D eigenvalue weighted by atomic mass is 16.5. The van der Waals surface area contributed by atoms with Crippen molar-refractivity contribution in [3.63, 3.8) is 0 Å². The van der Waals surface area contributed by atoms with Gasteiger partial charge in [0, 0.05) is 54.0 Å². The van der Waals surface area contributed by atoms with Crippen LogP contribution in [0.3, 0.4) is 0 Å². The first-order valence-electron chi connectivity index (χ1n) is 15.3. The molecule has 0 spiro atoms. The molecule has 8 nitrogen and oxygen atoms in total. The number of nitrogens with zero attached hydrogens (tertiary/aromatic N) is 4. The second-order valence-corrected chi connectivity index (χ2v) is 10.8. The molecule has 40 heavy (non-hydrogen) atoms. The molecule has 8 heteroatoms. The summed E-state index contributed by atoms with van der Waals surface area (Å²) in [5, 5.41) is 22.0. The lowest BCUT2D eigenvalue weighted by Crippen LogP contribution is -2.33. The van der Waals surface area contributed by atoms with Crippen LogP contribution in [0.25, 0.3) is 11.1 Å². The zero-order valence-corrected chi connectivity index (χ0v) is 24.3. The molecule has 1 saturated heterocycles. The van der Waals surface area contributed by atoms with E-state index in [0.717, 1.165) is 80.5 Å². The predicted molar refractivity (Wildman–Crippen MR) is 160 cm³/mol. The molecule has 214 valence electrons. The van der Waals surface area contributed by atoms with Crippen LogP contribution in [0.2, 0.25) is 0 Å². The van der Waals surface area contributed by atoms with E-state index >= 15 is 0 Å². The molecule has 2 saturated carbocycles. The number of nitrogens with one attached hydrogen (secondary N) is 2. The minimum atomic E-state index is -0.452. The maximum absolute atomic E-state index is 12.9. The summed E-state index contributed by atoms with van der Waals surface area (Å²) < 4.78 is 5.33. The van der Waals surface area contributed by atoms with E-state index in [1.165, 1.54) is 19.3 Å². The Kier molecular flexibility index (Phi) is 10.5. The van der Waals surface area contributed by atoms with E-state index in [0.29, 0.717) is 11.5 Å². The fraction of sp³-hybridized carbons (Fsp3) is 0.594. The topological polar surface area (TPSA) is 115 Å². The van der Waals surface area contributed by atoms with Crippen LogP contribution >= 0.6 is 0 Å². The van der Waals surface area contributed by atoms with Crippen LogP contribution in [0.1, 0.15) is 101 Å². The highest BCUT2D eigenvalue weighted by molar-refractivity contribution is 6.10. The Morgan fingerprint density at radius 1 is 1.10 bits per heavy atom. The number of piperidine rings is 1. The van der Waals surface area contributed by atoms with Crippen molar-refractivity contribution in [2.45, 2.75) is 91.0 Å². The van der Waals surface area contributed by atoms with Crippen LogP contribution < -0.4 is 10.2 Å². The number of rotatable bonds is 8. The molecule has 0 aromatic carbocycles. The first-order valence-corrected chi connectivity index (χ1v) is 15.3. The number of carbonyl (C=O) groups is 1. The normalized spacial score (nSPS) is 18.1. The summed E-state index contributed by atoms with van der Waals surface area (Å²) in [5.41, 5.74) is 3.31. The van der Waals surface area contributed by atoms with Gasteiger partial charge in [-0.3, -0.25) is 0 Å². The number of aromatic nitrogens is 2. The van der Waals surface area contributed by atoms with Gasteiger partial charge < -0.3 is 20.4 Å². The summed E-state index contributed by atoms with van der Waals surface area (Å²) >= 11 is 0. The highest BCUT2D eigenvalue weighted by Crippen LogP contribution is 2.38. The lowest BCUT2D eigenvalue weighted by molar-refractivity contribution is 0.0519. The van der Waals surface area contributed by atoms with Crippen LogP contribution in [0.15, 0.2) is 24.4 Å². The van der Waals surface area contributed by atoms with Gasteiger partial charge in [-0.2, -0.15) is 5.26 Å². The number of hydrogen-bond donors (Lipinski definition) is 2. The summed E-state index contributed by atoms with van der Waals surface area (Å²) in [7, 11) is 0. The van der Waals surface area contributed by atoms with E-state index in [1.807, 2.05) is 32.2 Å². The molecular formula is C32H44N6O2. The zero-order chi connectivity index (χ0) is 28.5. The number of carbonyl (C=O) groups excluding carboxylic acids is 1. The fourth-order valence-electron chi connectivity index (χ4n) is 5.77. The third kappa shape index (κ3) is 6.80. The van der Waals surface area contributed by atoms with E-state index < -0.39 is 5.97 Å². The van der Waals surface area contributed by atoms with Crippen molar-refractivity contribution in [2.75, 3.05) is 29.9 Å². The average molecular weight is 545 g/mol. The molecular weight excluding hydrogens is 500 g/mol. The molecule has 2 N–H and O–H groups in total. The molecule has 0 bridgehead atoms. The van der Waals surface area contributed by atoms with Gasteiger partial charge in [0.2, 0.25) is 0 Å². The third-order valence-electron chi connectivity index (χ3n) is 8.29. The molecule has 0 amide bonds. The molecule has 2 aliphatic carbocycles. The van der Waals surface area contributed by atoms with Gasteiger partial charge in [0.05, 0.1) is 12.7 Å². The van der Waals surface area contributed by atoms with Gasteiger partial charge in [-0.15, -0.1) is 0 Å². The average Bonchev–Trinajstić information content (AvgIpc) is 2.97. The van der Waals surface area contributed by atoms with Crippen LogP contribution in [0.4, 0.5) is 11.6 Å². The van der Waals surface area contributed by atoms with Gasteiger partial charge >= 0.3 is 5.97 Å². The van der Waals surface area contributed by atoms with Gasteiger partial charge in [0.15, 0.2) is 5.69 Å². The molecule has 0 unspecified atom stereocenters. The number of esters is 1. The van der Waals surface area contributed by atoms with Crippen molar-refractivity contribution < 1.29 is 9.53 Å². The van der Waals surface area contributed by atoms with Crippen molar-refractivity contribution in [2.24, 2.45) is 11.8 Å². The summed E-state index contributed by atoms with van der Waals surface area (Å²) in [4.78, 5) is 24.6. The lowest BCUT2D eigenvalue weighted by atomic mass is 9.78. The summed E-state index contributed by atoms with van der Waals surface area (Å²) in [6.45, 7) is 7.71. The van der Waals surface area contributed by atoms with Crippen LogP contribution in [-0.4, -0.2) is 47.4 Å². The molecule has 0 atom stereocenters. The van der Waals surface area contributed by atoms with Crippen molar-refractivity contribution >= 4 is 23.3 Å². The summed E-state index contributed by atoms with van der Waals surface area (Å²) in [5.74, 6) is 1.40. The second-order valence-electron chi connectivity index (χ2n) is 10.8. The minimum absolute atomic E-state index is 0.124. The molecule has 1 aliphatic heterocycles. The SMILES string of the molecule is CC.CCOC(=O)c1cc(-c2ccc(N3CCC(C#N)CC3)nc2)c(C(=N)C2CCC2)c(NC2CCCCC2)n1. The molecule has 2 aromatic heterocycles. The van der Waals surface area contributed by atoms with Gasteiger partial charge in [-0.25, -0.2) is 14.8 Å². The van der Waals surface area contributed by atoms with Gasteiger partial charge in [-0.05, 0) is 69.2 Å². The van der Waals surface area contributed by atoms with Crippen molar-refractivity contribution in [3.8, 4) is 17.2 Å². The molecule has 3 fully saturated rings. The zero-order valence-electron chi connectivity index (χ0n) is 24.3. The second kappa shape index (κ2) is 14.2. The minimum Gasteiger partial charge on any atom is -0.461 e. The Bertz CT molecular complexity index is 1190. The predicted octanol–water partition coefficient (Wildman–Crippen LogP) is 7.00. The lowest BCUT2D eigenvalue weighted by Gasteiger charge is -2.31. The number of nitriles is 1. The first-order chi connectivity index (χ1) is 19.6. The van der Waals surface area contributed by atoms with E-state index in [-0.39, 0.29) is 30.2 Å². The van der Waals surface area contributed by atoms with E-state index in [2.05, 4.69) is 16.3 Å². The quantitative estimate of drug-likeness (QED) is 0.271. The first kappa shape index (κ1) is 29.5. The Morgan fingerprint density at radius 2 is 1.82 bits per heavy atom. The molecule has 0 radical (unpaired) electrons. The van der Waals surface area contributed by atoms with Crippen LogP contribution in [-0.2, 0) is 4.74 Å². The van der Waals surface area contributed by atoms with Gasteiger partial charge in [0.25, 0.3) is 0 Å². The largest absolute Gasteiger partial charge is 0.461 e. The number of pyridine rings is 2. The van der Waals surface area contributed by atoms with Crippen molar-refractivity contribution in [1.29, 1.82) is 10.7 Å². The van der Waals surface area contributed by atoms with Crippen LogP contribution in [0.5, 0.6) is 0 Å². The van der Waals surface area contributed by atoms with Crippen molar-refractivity contribution in [3.05, 3.63) is 35.7 Å². The van der Waals surface area contributed by atoms with Crippen LogP contribution in [0, 0.1) is 28.6 Å². The van der Waals surface area contributed by atoms with E-state index in [4.69, 9.17) is 14.7 Å². The molecule has 5 rings (SSSR count). The number of ether oxygens (including phenoxy) is 1. The van der Waals surface area contributed by atoms with E-state index in [9.17, 15) is 15.5 Å². The Morgan fingerprint density at radius 3 is 2.40 bits per heavy atom. The van der Waals surface area contributed by atoms with Gasteiger partial charge in [-0.1, -0.05) is 39.5 Å². The van der Waals surface area contributed by atoms with E-state index in [1.54, 1.807) is 13.0 Å². The molecule has 3 heterocycles. The van der Waals surface area contributed by atoms with Crippen molar-refractivity contribution in [1.82, 2.24) is 9.97 Å². The highest BCUT2D eigenvalue weighted by Gasteiger charge is 2.30. The Hall–Kier alpha value is -3.47.